The highest BCUT2D eigenvalue weighted by Crippen LogP contribution is 2.35. The number of nitrogens with one attached hydrogen (secondary N) is 1. The fourth-order valence-corrected chi connectivity index (χ4v) is 3.41. The van der Waals surface area contributed by atoms with Crippen LogP contribution < -0.4 is 10.1 Å². The molecule has 0 spiro atoms. The molecule has 1 unspecified atom stereocenters. The van der Waals surface area contributed by atoms with E-state index in [9.17, 15) is 0 Å². The molecule has 3 aromatic rings. The predicted molar refractivity (Wildman–Crippen MR) is 101 cm³/mol. The third-order valence-electron chi connectivity index (χ3n) is 4.44. The Morgan fingerprint density at radius 3 is 2.77 bits per heavy atom. The highest BCUT2D eigenvalue weighted by atomic mass is 35.5. The van der Waals surface area contributed by atoms with Crippen LogP contribution in [0.15, 0.2) is 36.4 Å². The molecule has 0 fully saturated rings. The molecule has 26 heavy (non-hydrogen) atoms. The zero-order chi connectivity index (χ0) is 18.1. The van der Waals surface area contributed by atoms with E-state index >= 15 is 0 Å². The van der Waals surface area contributed by atoms with E-state index in [1.807, 2.05) is 50.2 Å². The monoisotopic (exact) mass is 369 g/mol. The zero-order valence-corrected chi connectivity index (χ0v) is 15.5. The number of fused-ring (bicyclic) bond motifs is 1. The molecule has 1 aliphatic rings. The van der Waals surface area contributed by atoms with Crippen molar-refractivity contribution in [1.29, 1.82) is 0 Å². The van der Waals surface area contributed by atoms with Gasteiger partial charge in [0, 0.05) is 16.3 Å². The molecule has 4 rings (SSSR count). The van der Waals surface area contributed by atoms with Crippen LogP contribution in [0, 0.1) is 13.8 Å². The highest BCUT2D eigenvalue weighted by Gasteiger charge is 2.20. The third kappa shape index (κ3) is 3.37. The summed E-state index contributed by atoms with van der Waals surface area (Å²) in [5, 5.41) is 17.2. The van der Waals surface area contributed by atoms with Crippen molar-refractivity contribution >= 4 is 17.4 Å². The van der Waals surface area contributed by atoms with Gasteiger partial charge in [-0.15, -0.1) is 10.2 Å². The maximum absolute atomic E-state index is 6.10. The van der Waals surface area contributed by atoms with Gasteiger partial charge in [-0.25, -0.2) is 4.68 Å². The van der Waals surface area contributed by atoms with Crippen LogP contribution in [0.4, 0.5) is 5.82 Å². The molecule has 0 radical (unpaired) electrons. The van der Waals surface area contributed by atoms with Gasteiger partial charge in [-0.3, -0.25) is 0 Å². The van der Waals surface area contributed by atoms with E-state index in [1.54, 1.807) is 4.68 Å². The van der Waals surface area contributed by atoms with E-state index in [0.717, 1.165) is 41.4 Å². The van der Waals surface area contributed by atoms with Gasteiger partial charge in [0.1, 0.15) is 11.6 Å². The van der Waals surface area contributed by atoms with Crippen molar-refractivity contribution in [1.82, 2.24) is 20.0 Å². The summed E-state index contributed by atoms with van der Waals surface area (Å²) in [6, 6.07) is 11.7. The maximum Gasteiger partial charge on any atom is 0.176 e. The fraction of sp³-hybridized carbons (Fsp3) is 0.316. The molecule has 0 bridgehead atoms. The standard InChI is InChI=1S/C19H20ClN5O/c1-12-10-13(2)25(24-12)19-8-7-18(22-23-19)21-16-4-3-9-26-17-11-14(20)5-6-15(16)17/h5-8,10-11,16H,3-4,9H2,1-2H3,(H,21,22). The number of rotatable bonds is 3. The van der Waals surface area contributed by atoms with Crippen LogP contribution in [0.1, 0.15) is 35.8 Å². The number of benzene rings is 1. The van der Waals surface area contributed by atoms with Crippen molar-refractivity contribution in [3.63, 3.8) is 0 Å². The van der Waals surface area contributed by atoms with Gasteiger partial charge >= 0.3 is 0 Å². The lowest BCUT2D eigenvalue weighted by atomic mass is 10.0. The van der Waals surface area contributed by atoms with E-state index in [4.69, 9.17) is 16.3 Å². The molecule has 134 valence electrons. The summed E-state index contributed by atoms with van der Waals surface area (Å²) in [5.74, 6) is 2.26. The van der Waals surface area contributed by atoms with Gasteiger partial charge in [0.05, 0.1) is 18.3 Å². The second-order valence-electron chi connectivity index (χ2n) is 6.49. The summed E-state index contributed by atoms with van der Waals surface area (Å²) in [5.41, 5.74) is 3.08. The first kappa shape index (κ1) is 16.8. The number of hydrogen-bond donors (Lipinski definition) is 1. The highest BCUT2D eigenvalue weighted by molar-refractivity contribution is 6.30. The number of aromatic nitrogens is 4. The molecule has 1 aliphatic heterocycles. The van der Waals surface area contributed by atoms with Crippen LogP contribution in [-0.2, 0) is 0 Å². The Morgan fingerprint density at radius 1 is 1.15 bits per heavy atom. The number of hydrogen-bond acceptors (Lipinski definition) is 5. The van der Waals surface area contributed by atoms with Crippen molar-refractivity contribution in [2.24, 2.45) is 0 Å². The molecule has 2 aromatic heterocycles. The van der Waals surface area contributed by atoms with Crippen LogP contribution in [0.25, 0.3) is 5.82 Å². The molecule has 3 heterocycles. The Hall–Kier alpha value is -2.60. The lowest BCUT2D eigenvalue weighted by molar-refractivity contribution is 0.316. The van der Waals surface area contributed by atoms with E-state index < -0.39 is 0 Å². The summed E-state index contributed by atoms with van der Waals surface area (Å²) >= 11 is 6.10. The molecular formula is C19H20ClN5O. The summed E-state index contributed by atoms with van der Waals surface area (Å²) < 4.78 is 7.61. The minimum absolute atomic E-state index is 0.110. The van der Waals surface area contributed by atoms with Crippen LogP contribution in [0.2, 0.25) is 5.02 Å². The average Bonchev–Trinajstić information content (AvgIpc) is 2.84. The Morgan fingerprint density at radius 2 is 2.04 bits per heavy atom. The second-order valence-corrected chi connectivity index (χ2v) is 6.92. The van der Waals surface area contributed by atoms with Crippen molar-refractivity contribution in [2.75, 3.05) is 11.9 Å². The van der Waals surface area contributed by atoms with Gasteiger partial charge in [-0.05, 0) is 57.0 Å². The SMILES string of the molecule is Cc1cc(C)n(-c2ccc(NC3CCCOc4cc(Cl)ccc43)nn2)n1. The molecule has 0 saturated carbocycles. The Kier molecular flexibility index (Phi) is 4.51. The van der Waals surface area contributed by atoms with Gasteiger partial charge in [0.25, 0.3) is 0 Å². The number of aryl methyl sites for hydroxylation is 2. The first-order valence-electron chi connectivity index (χ1n) is 8.66. The van der Waals surface area contributed by atoms with Crippen molar-refractivity contribution in [3.05, 3.63) is 58.4 Å². The van der Waals surface area contributed by atoms with Crippen molar-refractivity contribution < 1.29 is 4.74 Å². The summed E-state index contributed by atoms with van der Waals surface area (Å²) in [4.78, 5) is 0. The largest absolute Gasteiger partial charge is 0.493 e. The number of anilines is 1. The van der Waals surface area contributed by atoms with Gasteiger partial charge in [0.2, 0.25) is 0 Å². The molecule has 0 aliphatic carbocycles. The lowest BCUT2D eigenvalue weighted by Gasteiger charge is -2.19. The Labute approximate surface area is 157 Å². The van der Waals surface area contributed by atoms with Gasteiger partial charge < -0.3 is 10.1 Å². The smallest absolute Gasteiger partial charge is 0.176 e. The second kappa shape index (κ2) is 6.96. The summed E-state index contributed by atoms with van der Waals surface area (Å²) in [6.45, 7) is 4.65. The summed E-state index contributed by atoms with van der Waals surface area (Å²) in [6.07, 6.45) is 1.91. The molecule has 0 saturated heterocycles. The fourth-order valence-electron chi connectivity index (χ4n) is 3.25. The number of nitrogens with zero attached hydrogens (tertiary/aromatic N) is 4. The molecule has 7 heteroatoms. The van der Waals surface area contributed by atoms with Gasteiger partial charge in [-0.2, -0.15) is 5.10 Å². The number of halogens is 1. The molecule has 1 aromatic carbocycles. The number of ether oxygens (including phenoxy) is 1. The molecule has 0 amide bonds. The molecule has 1 atom stereocenters. The summed E-state index contributed by atoms with van der Waals surface area (Å²) in [7, 11) is 0. The lowest BCUT2D eigenvalue weighted by Crippen LogP contribution is -2.12. The molecule has 6 nitrogen and oxygen atoms in total. The minimum atomic E-state index is 0.110. The first-order valence-corrected chi connectivity index (χ1v) is 9.04. The topological polar surface area (TPSA) is 64.9 Å². The van der Waals surface area contributed by atoms with Crippen LogP contribution in [-0.4, -0.2) is 26.6 Å². The van der Waals surface area contributed by atoms with Crippen molar-refractivity contribution in [2.45, 2.75) is 32.7 Å². The third-order valence-corrected chi connectivity index (χ3v) is 4.68. The van der Waals surface area contributed by atoms with Crippen LogP contribution >= 0.6 is 11.6 Å². The Bertz CT molecular complexity index is 922. The van der Waals surface area contributed by atoms with Gasteiger partial charge in [0.15, 0.2) is 5.82 Å². The maximum atomic E-state index is 6.10. The van der Waals surface area contributed by atoms with Crippen LogP contribution in [0.3, 0.4) is 0 Å². The zero-order valence-electron chi connectivity index (χ0n) is 14.7. The van der Waals surface area contributed by atoms with Crippen LogP contribution in [0.5, 0.6) is 5.75 Å². The van der Waals surface area contributed by atoms with E-state index in [0.29, 0.717) is 17.4 Å². The first-order chi connectivity index (χ1) is 12.6. The quantitative estimate of drug-likeness (QED) is 0.747. The normalized spacial score (nSPS) is 16.5. The van der Waals surface area contributed by atoms with Crippen molar-refractivity contribution in [3.8, 4) is 11.6 Å². The predicted octanol–water partition coefficient (Wildman–Crippen LogP) is 4.26. The van der Waals surface area contributed by atoms with E-state index in [2.05, 4.69) is 20.6 Å². The average molecular weight is 370 g/mol. The Balaban J connectivity index is 1.57. The van der Waals surface area contributed by atoms with Gasteiger partial charge in [-0.1, -0.05) is 17.7 Å². The molecule has 1 N–H and O–H groups in total. The van der Waals surface area contributed by atoms with E-state index in [-0.39, 0.29) is 6.04 Å². The van der Waals surface area contributed by atoms with E-state index in [1.165, 1.54) is 0 Å². The minimum Gasteiger partial charge on any atom is -0.493 e. The molecular weight excluding hydrogens is 350 g/mol.